The fraction of sp³-hybridized carbons (Fsp3) is 0.526. The molecule has 1 aromatic carbocycles. The van der Waals surface area contributed by atoms with Gasteiger partial charge in [0.25, 0.3) is 0 Å². The minimum absolute atomic E-state index is 0.0290. The summed E-state index contributed by atoms with van der Waals surface area (Å²) < 4.78 is 15.6. The summed E-state index contributed by atoms with van der Waals surface area (Å²) in [6.07, 6.45) is 1.63. The van der Waals surface area contributed by atoms with E-state index in [0.717, 1.165) is 24.5 Å². The lowest BCUT2D eigenvalue weighted by molar-refractivity contribution is -0.126. The van der Waals surface area contributed by atoms with E-state index >= 15 is 0 Å². The molecule has 1 N–H and O–H groups in total. The molecule has 1 atom stereocenters. The van der Waals surface area contributed by atoms with Crippen molar-refractivity contribution in [1.29, 1.82) is 0 Å². The van der Waals surface area contributed by atoms with E-state index in [-0.39, 0.29) is 17.8 Å². The predicted molar refractivity (Wildman–Crippen MR) is 93.8 cm³/mol. The number of aryl methyl sites for hydroxylation is 1. The standard InChI is InChI=1S/C19H25FN4O/c1-12(2)17-23-22-16-9-8-15(11-24(16)17)21-18(25)19(3,4)13-6-5-7-14(20)10-13/h5-7,10,12,15H,8-9,11H2,1-4H3,(H,21,25)/t15-/m1/s1. The van der Waals surface area contributed by atoms with Gasteiger partial charge in [-0.15, -0.1) is 10.2 Å². The van der Waals surface area contributed by atoms with Crippen LogP contribution in [0.2, 0.25) is 0 Å². The van der Waals surface area contributed by atoms with Crippen LogP contribution in [0.25, 0.3) is 0 Å². The largest absolute Gasteiger partial charge is 0.351 e. The van der Waals surface area contributed by atoms with Crippen molar-refractivity contribution in [1.82, 2.24) is 20.1 Å². The minimum Gasteiger partial charge on any atom is -0.351 e. The summed E-state index contributed by atoms with van der Waals surface area (Å²) in [7, 11) is 0. The van der Waals surface area contributed by atoms with Crippen molar-refractivity contribution in [3.05, 3.63) is 47.3 Å². The number of hydrogen-bond acceptors (Lipinski definition) is 3. The SMILES string of the molecule is CC(C)c1nnc2n1C[C@H](NC(=O)C(C)(C)c1cccc(F)c1)CC2. The number of benzene rings is 1. The summed E-state index contributed by atoms with van der Waals surface area (Å²) in [6, 6.07) is 6.27. The van der Waals surface area contributed by atoms with Crippen LogP contribution < -0.4 is 5.32 Å². The number of halogens is 1. The van der Waals surface area contributed by atoms with Crippen molar-refractivity contribution in [3.63, 3.8) is 0 Å². The maximum absolute atomic E-state index is 13.5. The quantitative estimate of drug-likeness (QED) is 0.928. The summed E-state index contributed by atoms with van der Waals surface area (Å²) >= 11 is 0. The molecule has 0 saturated carbocycles. The van der Waals surface area contributed by atoms with Crippen LogP contribution in [0.5, 0.6) is 0 Å². The van der Waals surface area contributed by atoms with E-state index in [2.05, 4.69) is 33.9 Å². The Kier molecular flexibility index (Phi) is 4.62. The Bertz CT molecular complexity index is 781. The zero-order chi connectivity index (χ0) is 18.2. The lowest BCUT2D eigenvalue weighted by Crippen LogP contribution is -2.48. The van der Waals surface area contributed by atoms with Gasteiger partial charge in [-0.1, -0.05) is 26.0 Å². The van der Waals surface area contributed by atoms with Gasteiger partial charge < -0.3 is 9.88 Å². The summed E-state index contributed by atoms with van der Waals surface area (Å²) in [5.74, 6) is 1.81. The van der Waals surface area contributed by atoms with E-state index in [0.29, 0.717) is 18.0 Å². The molecule has 134 valence electrons. The highest BCUT2D eigenvalue weighted by molar-refractivity contribution is 5.87. The first-order valence-electron chi connectivity index (χ1n) is 8.78. The van der Waals surface area contributed by atoms with Crippen LogP contribution in [0.3, 0.4) is 0 Å². The first kappa shape index (κ1) is 17.6. The Labute approximate surface area is 147 Å². The number of hydrogen-bond donors (Lipinski definition) is 1. The van der Waals surface area contributed by atoms with E-state index in [1.165, 1.54) is 12.1 Å². The molecule has 0 spiro atoms. The maximum atomic E-state index is 13.5. The molecule has 6 heteroatoms. The predicted octanol–water partition coefficient (Wildman–Crippen LogP) is 2.95. The molecule has 0 radical (unpaired) electrons. The van der Waals surface area contributed by atoms with Gasteiger partial charge in [-0.05, 0) is 38.0 Å². The van der Waals surface area contributed by atoms with Crippen LogP contribution in [0, 0.1) is 5.82 Å². The van der Waals surface area contributed by atoms with Crippen LogP contribution in [0.15, 0.2) is 24.3 Å². The second-order valence-electron chi connectivity index (χ2n) is 7.58. The third-order valence-corrected chi connectivity index (χ3v) is 4.94. The third-order valence-electron chi connectivity index (χ3n) is 4.94. The molecular formula is C19H25FN4O. The molecule has 1 amide bonds. The summed E-state index contributed by atoms with van der Waals surface area (Å²) in [4.78, 5) is 12.8. The van der Waals surface area contributed by atoms with Gasteiger partial charge in [-0.3, -0.25) is 4.79 Å². The smallest absolute Gasteiger partial charge is 0.230 e. The molecule has 2 aromatic rings. The van der Waals surface area contributed by atoms with Crippen molar-refractivity contribution >= 4 is 5.91 Å². The number of fused-ring (bicyclic) bond motifs is 1. The van der Waals surface area contributed by atoms with Crippen LogP contribution in [0.1, 0.15) is 57.2 Å². The first-order valence-corrected chi connectivity index (χ1v) is 8.78. The van der Waals surface area contributed by atoms with E-state index in [1.54, 1.807) is 12.1 Å². The normalized spacial score (nSPS) is 17.4. The molecule has 3 rings (SSSR count). The van der Waals surface area contributed by atoms with Crippen LogP contribution in [0.4, 0.5) is 4.39 Å². The Morgan fingerprint density at radius 3 is 2.80 bits per heavy atom. The Morgan fingerprint density at radius 2 is 2.12 bits per heavy atom. The van der Waals surface area contributed by atoms with Crippen molar-refractivity contribution in [3.8, 4) is 0 Å². The molecule has 0 bridgehead atoms. The molecule has 0 saturated heterocycles. The molecule has 25 heavy (non-hydrogen) atoms. The van der Waals surface area contributed by atoms with Crippen LogP contribution in [-0.4, -0.2) is 26.7 Å². The average molecular weight is 344 g/mol. The van der Waals surface area contributed by atoms with Gasteiger partial charge in [0, 0.05) is 24.9 Å². The second kappa shape index (κ2) is 6.58. The molecule has 0 unspecified atom stereocenters. The highest BCUT2D eigenvalue weighted by Gasteiger charge is 2.33. The van der Waals surface area contributed by atoms with Gasteiger partial charge in [-0.25, -0.2) is 4.39 Å². The summed E-state index contributed by atoms with van der Waals surface area (Å²) in [6.45, 7) is 8.51. The summed E-state index contributed by atoms with van der Waals surface area (Å²) in [5.41, 5.74) is -0.121. The molecule has 1 aliphatic rings. The highest BCUT2D eigenvalue weighted by atomic mass is 19.1. The number of nitrogens with zero attached hydrogens (tertiary/aromatic N) is 3. The molecular weight excluding hydrogens is 319 g/mol. The van der Waals surface area contributed by atoms with Gasteiger partial charge in [0.1, 0.15) is 17.5 Å². The fourth-order valence-corrected chi connectivity index (χ4v) is 3.27. The van der Waals surface area contributed by atoms with E-state index < -0.39 is 5.41 Å². The monoisotopic (exact) mass is 344 g/mol. The Hall–Kier alpha value is -2.24. The lowest BCUT2D eigenvalue weighted by Gasteiger charge is -2.30. The Morgan fingerprint density at radius 1 is 1.36 bits per heavy atom. The maximum Gasteiger partial charge on any atom is 0.230 e. The van der Waals surface area contributed by atoms with Gasteiger partial charge in [0.2, 0.25) is 5.91 Å². The van der Waals surface area contributed by atoms with Crippen LogP contribution in [-0.2, 0) is 23.2 Å². The van der Waals surface area contributed by atoms with Gasteiger partial charge in [-0.2, -0.15) is 0 Å². The van der Waals surface area contributed by atoms with E-state index in [4.69, 9.17) is 0 Å². The molecule has 1 aliphatic heterocycles. The van der Waals surface area contributed by atoms with Crippen molar-refractivity contribution < 1.29 is 9.18 Å². The van der Waals surface area contributed by atoms with E-state index in [1.807, 2.05) is 13.8 Å². The molecule has 2 heterocycles. The van der Waals surface area contributed by atoms with Gasteiger partial charge in [0.05, 0.1) is 5.41 Å². The minimum atomic E-state index is -0.795. The number of nitrogens with one attached hydrogen (secondary N) is 1. The zero-order valence-corrected chi connectivity index (χ0v) is 15.2. The topological polar surface area (TPSA) is 59.8 Å². The highest BCUT2D eigenvalue weighted by Crippen LogP contribution is 2.26. The Balaban J connectivity index is 1.74. The molecule has 0 aliphatic carbocycles. The summed E-state index contributed by atoms with van der Waals surface area (Å²) in [5, 5.41) is 11.7. The third kappa shape index (κ3) is 3.43. The van der Waals surface area contributed by atoms with E-state index in [9.17, 15) is 9.18 Å². The number of amides is 1. The van der Waals surface area contributed by atoms with Crippen molar-refractivity contribution in [2.45, 2.75) is 64.5 Å². The molecule has 5 nitrogen and oxygen atoms in total. The van der Waals surface area contributed by atoms with Gasteiger partial charge >= 0.3 is 0 Å². The fourth-order valence-electron chi connectivity index (χ4n) is 3.27. The second-order valence-corrected chi connectivity index (χ2v) is 7.58. The number of carbonyl (C=O) groups excluding carboxylic acids is 1. The van der Waals surface area contributed by atoms with Crippen molar-refractivity contribution in [2.75, 3.05) is 0 Å². The molecule has 1 aromatic heterocycles. The zero-order valence-electron chi connectivity index (χ0n) is 15.2. The van der Waals surface area contributed by atoms with Crippen LogP contribution >= 0.6 is 0 Å². The first-order chi connectivity index (χ1) is 11.8. The van der Waals surface area contributed by atoms with Crippen molar-refractivity contribution in [2.24, 2.45) is 0 Å². The molecule has 0 fully saturated rings. The average Bonchev–Trinajstić information content (AvgIpc) is 2.98. The number of rotatable bonds is 4. The lowest BCUT2D eigenvalue weighted by atomic mass is 9.83. The number of aromatic nitrogens is 3. The van der Waals surface area contributed by atoms with Gasteiger partial charge in [0.15, 0.2) is 0 Å². The number of carbonyl (C=O) groups is 1.